The molecule has 0 amide bonds. The van der Waals surface area contributed by atoms with E-state index in [0.29, 0.717) is 5.41 Å². The summed E-state index contributed by atoms with van der Waals surface area (Å²) in [6, 6.07) is 0. The molecule has 1 aliphatic carbocycles. The van der Waals surface area contributed by atoms with Crippen LogP contribution in [0.15, 0.2) is 0 Å². The largest absolute Gasteiger partial charge is 0.316 e. The van der Waals surface area contributed by atoms with E-state index in [2.05, 4.69) is 31.0 Å². The molecule has 2 aliphatic rings. The second kappa shape index (κ2) is 7.79. The van der Waals surface area contributed by atoms with Gasteiger partial charge in [-0.2, -0.15) is 0 Å². The van der Waals surface area contributed by atoms with Gasteiger partial charge in [-0.25, -0.2) is 0 Å². The Morgan fingerprint density at radius 1 is 1.20 bits per heavy atom. The summed E-state index contributed by atoms with van der Waals surface area (Å²) in [4.78, 5) is 2.79. The maximum Gasteiger partial charge on any atom is 0.00503 e. The van der Waals surface area contributed by atoms with Gasteiger partial charge in [-0.1, -0.05) is 40.0 Å². The smallest absolute Gasteiger partial charge is 0.00503 e. The molecule has 2 heteroatoms. The molecule has 20 heavy (non-hydrogen) atoms. The van der Waals surface area contributed by atoms with E-state index in [9.17, 15) is 0 Å². The summed E-state index contributed by atoms with van der Waals surface area (Å²) in [5.41, 5.74) is 0.588. The van der Waals surface area contributed by atoms with Crippen molar-refractivity contribution in [3.05, 3.63) is 0 Å². The van der Waals surface area contributed by atoms with Crippen molar-refractivity contribution in [2.75, 3.05) is 32.7 Å². The number of piperidine rings is 1. The SMILES string of the molecule is CCC1CCCN(CC2(CNCC(C)C)CCCC2)C1. The number of hydrogen-bond acceptors (Lipinski definition) is 2. The monoisotopic (exact) mass is 280 g/mol. The third-order valence-electron chi connectivity index (χ3n) is 5.46. The van der Waals surface area contributed by atoms with Crippen LogP contribution in [0.4, 0.5) is 0 Å². The van der Waals surface area contributed by atoms with E-state index in [4.69, 9.17) is 0 Å². The summed E-state index contributed by atoms with van der Waals surface area (Å²) in [5, 5.41) is 3.76. The van der Waals surface area contributed by atoms with Gasteiger partial charge in [0.25, 0.3) is 0 Å². The summed E-state index contributed by atoms with van der Waals surface area (Å²) in [7, 11) is 0. The van der Waals surface area contributed by atoms with Crippen LogP contribution in [0.5, 0.6) is 0 Å². The maximum absolute atomic E-state index is 3.76. The van der Waals surface area contributed by atoms with Gasteiger partial charge in [-0.3, -0.25) is 0 Å². The van der Waals surface area contributed by atoms with Crippen molar-refractivity contribution < 1.29 is 0 Å². The highest BCUT2D eigenvalue weighted by Gasteiger charge is 2.36. The second-order valence-corrected chi connectivity index (χ2v) is 7.88. The van der Waals surface area contributed by atoms with Gasteiger partial charge in [0.15, 0.2) is 0 Å². The number of rotatable bonds is 7. The van der Waals surface area contributed by atoms with Gasteiger partial charge in [0, 0.05) is 19.6 Å². The van der Waals surface area contributed by atoms with Gasteiger partial charge in [-0.15, -0.1) is 0 Å². The zero-order chi connectivity index (χ0) is 14.4. The molecule has 118 valence electrons. The van der Waals surface area contributed by atoms with Crippen LogP contribution in [0.3, 0.4) is 0 Å². The highest BCUT2D eigenvalue weighted by molar-refractivity contribution is 4.90. The molecule has 1 N–H and O–H groups in total. The fourth-order valence-corrected chi connectivity index (χ4v) is 4.24. The van der Waals surface area contributed by atoms with Crippen LogP contribution in [-0.4, -0.2) is 37.6 Å². The van der Waals surface area contributed by atoms with Crippen LogP contribution in [0.25, 0.3) is 0 Å². The Hall–Kier alpha value is -0.0800. The van der Waals surface area contributed by atoms with Crippen LogP contribution in [-0.2, 0) is 0 Å². The van der Waals surface area contributed by atoms with Crippen molar-refractivity contribution in [3.8, 4) is 0 Å². The van der Waals surface area contributed by atoms with Crippen molar-refractivity contribution in [1.82, 2.24) is 10.2 Å². The molecule has 0 aromatic rings. The lowest BCUT2D eigenvalue weighted by molar-refractivity contribution is 0.101. The van der Waals surface area contributed by atoms with Crippen LogP contribution >= 0.6 is 0 Å². The minimum Gasteiger partial charge on any atom is -0.316 e. The quantitative estimate of drug-likeness (QED) is 0.760. The average molecular weight is 281 g/mol. The minimum atomic E-state index is 0.588. The first-order valence-electron chi connectivity index (χ1n) is 9.06. The molecule has 2 rings (SSSR count). The summed E-state index contributed by atoms with van der Waals surface area (Å²) in [5.74, 6) is 1.73. The van der Waals surface area contributed by atoms with Crippen molar-refractivity contribution in [3.63, 3.8) is 0 Å². The first-order valence-corrected chi connectivity index (χ1v) is 9.06. The fraction of sp³-hybridized carbons (Fsp3) is 1.00. The topological polar surface area (TPSA) is 15.3 Å². The van der Waals surface area contributed by atoms with Gasteiger partial charge >= 0.3 is 0 Å². The average Bonchev–Trinajstić information content (AvgIpc) is 2.87. The van der Waals surface area contributed by atoms with E-state index in [1.807, 2.05) is 0 Å². The highest BCUT2D eigenvalue weighted by atomic mass is 15.1. The molecule has 0 radical (unpaired) electrons. The minimum absolute atomic E-state index is 0.588. The molecule has 0 aromatic carbocycles. The van der Waals surface area contributed by atoms with Gasteiger partial charge < -0.3 is 10.2 Å². The Labute approximate surface area is 126 Å². The molecule has 0 aromatic heterocycles. The van der Waals surface area contributed by atoms with E-state index >= 15 is 0 Å². The Balaban J connectivity index is 1.84. The first kappa shape index (κ1) is 16.3. The van der Waals surface area contributed by atoms with E-state index in [0.717, 1.165) is 11.8 Å². The van der Waals surface area contributed by atoms with E-state index in [1.54, 1.807) is 0 Å². The predicted molar refractivity (Wildman–Crippen MR) is 88.1 cm³/mol. The molecular formula is C18H36N2. The van der Waals surface area contributed by atoms with Crippen LogP contribution in [0.2, 0.25) is 0 Å². The number of nitrogens with one attached hydrogen (secondary N) is 1. The predicted octanol–water partition coefficient (Wildman–Crippen LogP) is 3.91. The molecular weight excluding hydrogens is 244 g/mol. The molecule has 2 nitrogen and oxygen atoms in total. The third-order valence-corrected chi connectivity index (χ3v) is 5.46. The lowest BCUT2D eigenvalue weighted by Gasteiger charge is -2.40. The Kier molecular flexibility index (Phi) is 6.35. The van der Waals surface area contributed by atoms with E-state index < -0.39 is 0 Å². The molecule has 2 fully saturated rings. The Morgan fingerprint density at radius 2 is 1.95 bits per heavy atom. The van der Waals surface area contributed by atoms with Crippen LogP contribution in [0.1, 0.15) is 65.7 Å². The Bertz CT molecular complexity index is 269. The summed E-state index contributed by atoms with van der Waals surface area (Å²) >= 11 is 0. The van der Waals surface area contributed by atoms with Gasteiger partial charge in [0.05, 0.1) is 0 Å². The van der Waals surface area contributed by atoms with Gasteiger partial charge in [0.1, 0.15) is 0 Å². The van der Waals surface area contributed by atoms with Crippen LogP contribution < -0.4 is 5.32 Å². The highest BCUT2D eigenvalue weighted by Crippen LogP contribution is 2.39. The number of likely N-dealkylation sites (tertiary alicyclic amines) is 1. The van der Waals surface area contributed by atoms with Crippen molar-refractivity contribution in [1.29, 1.82) is 0 Å². The second-order valence-electron chi connectivity index (χ2n) is 7.88. The molecule has 0 spiro atoms. The maximum atomic E-state index is 3.76. The van der Waals surface area contributed by atoms with E-state index in [1.165, 1.54) is 77.7 Å². The molecule has 1 saturated heterocycles. The van der Waals surface area contributed by atoms with Crippen LogP contribution in [0, 0.1) is 17.3 Å². The van der Waals surface area contributed by atoms with Crippen molar-refractivity contribution >= 4 is 0 Å². The molecule has 1 atom stereocenters. The number of nitrogens with zero attached hydrogens (tertiary/aromatic N) is 1. The van der Waals surface area contributed by atoms with Crippen molar-refractivity contribution in [2.45, 2.75) is 65.7 Å². The standard InChI is InChI=1S/C18H36N2/c1-4-17-8-7-11-20(13-17)15-18(9-5-6-10-18)14-19-12-16(2)3/h16-17,19H,4-15H2,1-3H3. The third kappa shape index (κ3) is 4.73. The fourth-order valence-electron chi connectivity index (χ4n) is 4.24. The normalized spacial score (nSPS) is 27.3. The molecule has 1 aliphatic heterocycles. The first-order chi connectivity index (χ1) is 9.63. The molecule has 1 unspecified atom stereocenters. The molecule has 1 heterocycles. The van der Waals surface area contributed by atoms with Gasteiger partial charge in [0.2, 0.25) is 0 Å². The lowest BCUT2D eigenvalue weighted by atomic mass is 9.84. The Morgan fingerprint density at radius 3 is 2.60 bits per heavy atom. The summed E-state index contributed by atoms with van der Waals surface area (Å²) in [6.45, 7) is 13.5. The van der Waals surface area contributed by atoms with Crippen molar-refractivity contribution in [2.24, 2.45) is 17.3 Å². The van der Waals surface area contributed by atoms with E-state index in [-0.39, 0.29) is 0 Å². The number of hydrogen-bond donors (Lipinski definition) is 1. The zero-order valence-corrected chi connectivity index (χ0v) is 14.1. The van der Waals surface area contributed by atoms with Gasteiger partial charge in [-0.05, 0) is 56.0 Å². The summed E-state index contributed by atoms with van der Waals surface area (Å²) < 4.78 is 0. The molecule has 1 saturated carbocycles. The molecule has 0 bridgehead atoms. The lowest BCUT2D eigenvalue weighted by Crippen LogP contribution is -2.46. The zero-order valence-electron chi connectivity index (χ0n) is 14.1. The summed E-state index contributed by atoms with van der Waals surface area (Å²) in [6.07, 6.45) is 10.1.